The number of rotatable bonds is 13. The minimum atomic E-state index is 0. The Kier molecular flexibility index (Phi) is 12.1. The van der Waals surface area contributed by atoms with E-state index < -0.39 is 0 Å². The third kappa shape index (κ3) is 8.05. The normalized spacial score (nSPS) is 12.2. The van der Waals surface area contributed by atoms with Crippen LogP contribution in [0.3, 0.4) is 0 Å². The van der Waals surface area contributed by atoms with Crippen molar-refractivity contribution in [2.24, 2.45) is 0 Å². The van der Waals surface area contributed by atoms with Gasteiger partial charge in [-0.1, -0.05) is 26.7 Å². The van der Waals surface area contributed by atoms with E-state index in [-0.39, 0.29) is 19.8 Å². The van der Waals surface area contributed by atoms with Crippen molar-refractivity contribution >= 4 is 19.8 Å². The molecule has 5 nitrogen and oxygen atoms in total. The Balaban J connectivity index is 0.00000312. The van der Waals surface area contributed by atoms with Crippen molar-refractivity contribution in [3.8, 4) is 11.5 Å². The van der Waals surface area contributed by atoms with E-state index in [1.54, 1.807) is 0 Å². The molecule has 0 amide bonds. The van der Waals surface area contributed by atoms with E-state index in [0.717, 1.165) is 43.8 Å². The molecule has 1 aliphatic rings. The standard InChI is InChI=1S/C19H30O5.Ga.3H/c1-3-5-7-20-8-9-21-10-11-22-14-17-13-19-18(23-15-24-19)12-16(17)6-4-2;;;;/h12-13H,3-11,14-15H2,1-2H3;;;;. The van der Waals surface area contributed by atoms with Crippen LogP contribution in [0.2, 0.25) is 0 Å². The molecule has 6 heteroatoms. The Morgan fingerprint density at radius 1 is 0.800 bits per heavy atom. The van der Waals surface area contributed by atoms with Crippen LogP contribution in [0.15, 0.2) is 12.1 Å². The van der Waals surface area contributed by atoms with Gasteiger partial charge in [-0.3, -0.25) is 0 Å². The monoisotopic (exact) mass is 410 g/mol. The summed E-state index contributed by atoms with van der Waals surface area (Å²) in [6.45, 7) is 8.47. The van der Waals surface area contributed by atoms with Gasteiger partial charge in [0, 0.05) is 6.61 Å². The molecular formula is C19H33GaO5. The maximum absolute atomic E-state index is 5.75. The van der Waals surface area contributed by atoms with E-state index >= 15 is 0 Å². The van der Waals surface area contributed by atoms with Crippen molar-refractivity contribution in [1.82, 2.24) is 0 Å². The van der Waals surface area contributed by atoms with Crippen LogP contribution >= 0.6 is 0 Å². The zero-order valence-electron chi connectivity index (χ0n) is 15.0. The first kappa shape index (κ1) is 22.4. The van der Waals surface area contributed by atoms with E-state index in [1.165, 1.54) is 11.1 Å². The summed E-state index contributed by atoms with van der Waals surface area (Å²) in [7, 11) is 0. The first-order valence-corrected chi connectivity index (χ1v) is 8.99. The second kappa shape index (κ2) is 13.5. The van der Waals surface area contributed by atoms with Gasteiger partial charge >= 0.3 is 19.8 Å². The molecular weight excluding hydrogens is 378 g/mol. The van der Waals surface area contributed by atoms with Gasteiger partial charge in [-0.15, -0.1) is 0 Å². The summed E-state index contributed by atoms with van der Waals surface area (Å²) in [6, 6.07) is 4.12. The first-order valence-electron chi connectivity index (χ1n) is 8.99. The van der Waals surface area contributed by atoms with Gasteiger partial charge < -0.3 is 23.7 Å². The molecule has 0 fully saturated rings. The third-order valence-corrected chi connectivity index (χ3v) is 3.86. The van der Waals surface area contributed by atoms with Crippen molar-refractivity contribution in [3.05, 3.63) is 23.3 Å². The van der Waals surface area contributed by atoms with Gasteiger partial charge in [-0.05, 0) is 36.1 Å². The zero-order chi connectivity index (χ0) is 17.0. The van der Waals surface area contributed by atoms with Crippen LogP contribution in [0.1, 0.15) is 44.2 Å². The fourth-order valence-corrected chi connectivity index (χ4v) is 2.53. The molecule has 1 aliphatic heterocycles. The van der Waals surface area contributed by atoms with Crippen LogP contribution in [0.25, 0.3) is 0 Å². The molecule has 0 spiro atoms. The number of hydrogen-bond donors (Lipinski definition) is 0. The van der Waals surface area contributed by atoms with Crippen LogP contribution in [0.4, 0.5) is 0 Å². The molecule has 0 atom stereocenters. The second-order valence-corrected chi connectivity index (χ2v) is 5.86. The Labute approximate surface area is 164 Å². The van der Waals surface area contributed by atoms with E-state index in [0.29, 0.717) is 39.8 Å². The SMILES string of the molecule is CCCCOCCOCCOCc1cc2c(cc1CCC)OCO2.[GaH3]. The number of unbranched alkanes of at least 4 members (excludes halogenated alkanes) is 1. The van der Waals surface area contributed by atoms with Crippen molar-refractivity contribution in [2.45, 2.75) is 46.1 Å². The maximum atomic E-state index is 5.75. The van der Waals surface area contributed by atoms with Gasteiger partial charge in [-0.25, -0.2) is 0 Å². The van der Waals surface area contributed by atoms with E-state index in [1.807, 2.05) is 6.07 Å². The predicted molar refractivity (Wildman–Crippen MR) is 103 cm³/mol. The molecule has 0 saturated carbocycles. The van der Waals surface area contributed by atoms with E-state index in [9.17, 15) is 0 Å². The second-order valence-electron chi connectivity index (χ2n) is 5.86. The molecule has 2 rings (SSSR count). The summed E-state index contributed by atoms with van der Waals surface area (Å²) in [4.78, 5) is 0. The van der Waals surface area contributed by atoms with Gasteiger partial charge in [0.15, 0.2) is 11.5 Å². The predicted octanol–water partition coefficient (Wildman–Crippen LogP) is 2.53. The zero-order valence-corrected chi connectivity index (χ0v) is 15.0. The molecule has 0 unspecified atom stereocenters. The minimum absolute atomic E-state index is 0. The molecule has 142 valence electrons. The molecule has 1 heterocycles. The van der Waals surface area contributed by atoms with Gasteiger partial charge in [0.2, 0.25) is 6.79 Å². The fraction of sp³-hybridized carbons (Fsp3) is 0.684. The molecule has 0 radical (unpaired) electrons. The molecule has 0 aromatic heterocycles. The number of fused-ring (bicyclic) bond motifs is 1. The van der Waals surface area contributed by atoms with Crippen LogP contribution < -0.4 is 9.47 Å². The van der Waals surface area contributed by atoms with Crippen LogP contribution in [-0.2, 0) is 27.2 Å². The van der Waals surface area contributed by atoms with Gasteiger partial charge in [-0.2, -0.15) is 0 Å². The summed E-state index contributed by atoms with van der Waals surface area (Å²) in [5.41, 5.74) is 2.44. The van der Waals surface area contributed by atoms with Crippen molar-refractivity contribution in [1.29, 1.82) is 0 Å². The molecule has 0 aliphatic carbocycles. The van der Waals surface area contributed by atoms with Gasteiger partial charge in [0.05, 0.1) is 33.0 Å². The summed E-state index contributed by atoms with van der Waals surface area (Å²) >= 11 is 0. The Morgan fingerprint density at radius 3 is 2.04 bits per heavy atom. The van der Waals surface area contributed by atoms with Crippen molar-refractivity contribution < 1.29 is 23.7 Å². The Bertz CT molecular complexity index is 481. The van der Waals surface area contributed by atoms with Crippen molar-refractivity contribution in [2.75, 3.05) is 39.8 Å². The average molecular weight is 411 g/mol. The number of benzene rings is 1. The summed E-state index contributed by atoms with van der Waals surface area (Å²) in [5, 5.41) is 0. The summed E-state index contributed by atoms with van der Waals surface area (Å²) < 4.78 is 27.6. The summed E-state index contributed by atoms with van der Waals surface area (Å²) in [6.07, 6.45) is 4.38. The number of aryl methyl sites for hydroxylation is 1. The molecule has 0 bridgehead atoms. The van der Waals surface area contributed by atoms with Crippen LogP contribution in [0.5, 0.6) is 11.5 Å². The molecule has 1 aromatic rings. The Morgan fingerprint density at radius 2 is 1.40 bits per heavy atom. The number of hydrogen-bond acceptors (Lipinski definition) is 5. The van der Waals surface area contributed by atoms with Crippen LogP contribution in [0, 0.1) is 0 Å². The molecule has 0 saturated heterocycles. The summed E-state index contributed by atoms with van der Waals surface area (Å²) in [5.74, 6) is 1.66. The number of ether oxygens (including phenoxy) is 5. The molecule has 25 heavy (non-hydrogen) atoms. The quantitative estimate of drug-likeness (QED) is 0.369. The van der Waals surface area contributed by atoms with E-state index in [2.05, 4.69) is 19.9 Å². The third-order valence-electron chi connectivity index (χ3n) is 3.86. The average Bonchev–Trinajstić information content (AvgIpc) is 3.04. The van der Waals surface area contributed by atoms with Crippen LogP contribution in [-0.4, -0.2) is 59.6 Å². The molecule has 0 N–H and O–H groups in total. The first-order chi connectivity index (χ1) is 11.8. The molecule has 1 aromatic carbocycles. The van der Waals surface area contributed by atoms with Gasteiger partial charge in [0.1, 0.15) is 0 Å². The van der Waals surface area contributed by atoms with Gasteiger partial charge in [0.25, 0.3) is 0 Å². The Hall–Kier alpha value is -0.664. The fourth-order valence-electron chi connectivity index (χ4n) is 2.53. The topological polar surface area (TPSA) is 46.2 Å². The van der Waals surface area contributed by atoms with E-state index in [4.69, 9.17) is 23.7 Å². The van der Waals surface area contributed by atoms with Crippen molar-refractivity contribution in [3.63, 3.8) is 0 Å².